The van der Waals surface area contributed by atoms with Crippen LogP contribution >= 0.6 is 0 Å². The Labute approximate surface area is 132 Å². The zero-order chi connectivity index (χ0) is 16.4. The van der Waals surface area contributed by atoms with Crippen LogP contribution in [0.1, 0.15) is 25.8 Å². The van der Waals surface area contributed by atoms with Gasteiger partial charge in [-0.3, -0.25) is 15.0 Å². The van der Waals surface area contributed by atoms with E-state index in [1.54, 1.807) is 19.1 Å². The van der Waals surface area contributed by atoms with E-state index >= 15 is 0 Å². The zero-order valence-electron chi connectivity index (χ0n) is 13.7. The minimum Gasteiger partial charge on any atom is -0.493 e. The molecule has 124 valence electrons. The minimum absolute atomic E-state index is 0.107. The molecule has 1 aliphatic rings. The minimum atomic E-state index is -0.379. The highest BCUT2D eigenvalue weighted by Crippen LogP contribution is 2.23. The van der Waals surface area contributed by atoms with E-state index in [1.807, 2.05) is 13.8 Å². The van der Waals surface area contributed by atoms with Crippen molar-refractivity contribution in [2.24, 2.45) is 0 Å². The number of aryl methyl sites for hydroxylation is 1. The summed E-state index contributed by atoms with van der Waals surface area (Å²) in [7, 11) is 0. The van der Waals surface area contributed by atoms with E-state index in [2.05, 4.69) is 4.90 Å². The van der Waals surface area contributed by atoms with E-state index in [9.17, 15) is 10.1 Å². The average Bonchev–Trinajstić information content (AvgIpc) is 2.55. The highest BCUT2D eigenvalue weighted by Gasteiger charge is 2.12. The van der Waals surface area contributed by atoms with Crippen LogP contribution < -0.4 is 4.74 Å². The van der Waals surface area contributed by atoms with Crippen LogP contribution in [0.4, 0.5) is 5.69 Å². The summed E-state index contributed by atoms with van der Waals surface area (Å²) in [4.78, 5) is 12.8. The maximum absolute atomic E-state index is 10.8. The summed E-state index contributed by atoms with van der Waals surface area (Å²) >= 11 is 0. The summed E-state index contributed by atoms with van der Waals surface area (Å²) in [6.45, 7) is 10.8. The Balaban J connectivity index is 0.00000116. The number of nitrogens with zero attached hydrogens (tertiary/aromatic N) is 2. The monoisotopic (exact) mass is 310 g/mol. The molecule has 1 fully saturated rings. The second-order valence-electron chi connectivity index (χ2n) is 4.86. The van der Waals surface area contributed by atoms with Gasteiger partial charge in [-0.25, -0.2) is 0 Å². The number of rotatable bonds is 6. The first-order chi connectivity index (χ1) is 10.7. The smallest absolute Gasteiger partial charge is 0.275 e. The molecule has 6 nitrogen and oxygen atoms in total. The summed E-state index contributed by atoms with van der Waals surface area (Å²) < 4.78 is 10.9. The van der Waals surface area contributed by atoms with Gasteiger partial charge in [0.2, 0.25) is 0 Å². The van der Waals surface area contributed by atoms with Gasteiger partial charge in [-0.05, 0) is 25.5 Å². The SMILES string of the molecule is CC.Cc1ccc(OCCCN2CCOCC2)cc1[N+](=O)[O-]. The van der Waals surface area contributed by atoms with E-state index in [0.29, 0.717) is 17.9 Å². The Morgan fingerprint density at radius 1 is 1.32 bits per heavy atom. The van der Waals surface area contributed by atoms with Crippen molar-refractivity contribution in [3.8, 4) is 5.75 Å². The molecule has 1 aromatic rings. The first-order valence-corrected chi connectivity index (χ1v) is 7.85. The van der Waals surface area contributed by atoms with Gasteiger partial charge in [-0.1, -0.05) is 13.8 Å². The van der Waals surface area contributed by atoms with E-state index in [-0.39, 0.29) is 10.6 Å². The molecule has 0 amide bonds. The molecule has 0 aliphatic carbocycles. The van der Waals surface area contributed by atoms with Gasteiger partial charge >= 0.3 is 0 Å². The molecule has 1 aromatic carbocycles. The fraction of sp³-hybridized carbons (Fsp3) is 0.625. The molecule has 0 aromatic heterocycles. The molecule has 0 bridgehead atoms. The number of benzene rings is 1. The summed E-state index contributed by atoms with van der Waals surface area (Å²) in [6.07, 6.45) is 0.904. The van der Waals surface area contributed by atoms with Crippen molar-refractivity contribution in [2.75, 3.05) is 39.5 Å². The molecule has 6 heteroatoms. The number of hydrogen-bond donors (Lipinski definition) is 0. The molecule has 1 aliphatic heterocycles. The predicted octanol–water partition coefficient (Wildman–Crippen LogP) is 3.03. The highest BCUT2D eigenvalue weighted by molar-refractivity contribution is 5.45. The lowest BCUT2D eigenvalue weighted by Gasteiger charge is -2.26. The van der Waals surface area contributed by atoms with Crippen LogP contribution in [0.15, 0.2) is 18.2 Å². The van der Waals surface area contributed by atoms with Gasteiger partial charge in [0, 0.05) is 25.2 Å². The number of nitro groups is 1. The Bertz CT molecular complexity index is 459. The number of hydrogen-bond acceptors (Lipinski definition) is 5. The lowest BCUT2D eigenvalue weighted by molar-refractivity contribution is -0.385. The Hall–Kier alpha value is -1.66. The Morgan fingerprint density at radius 3 is 2.64 bits per heavy atom. The van der Waals surface area contributed by atoms with E-state index in [1.165, 1.54) is 6.07 Å². The van der Waals surface area contributed by atoms with Crippen molar-refractivity contribution in [3.05, 3.63) is 33.9 Å². The van der Waals surface area contributed by atoms with Crippen LogP contribution in [0.2, 0.25) is 0 Å². The maximum Gasteiger partial charge on any atom is 0.275 e. The summed E-state index contributed by atoms with van der Waals surface area (Å²) in [5, 5.41) is 10.8. The maximum atomic E-state index is 10.8. The number of nitro benzene ring substituents is 1. The highest BCUT2D eigenvalue weighted by atomic mass is 16.6. The number of ether oxygens (including phenoxy) is 2. The largest absolute Gasteiger partial charge is 0.493 e. The fourth-order valence-electron chi connectivity index (χ4n) is 2.18. The lowest BCUT2D eigenvalue weighted by atomic mass is 10.2. The van der Waals surface area contributed by atoms with Gasteiger partial charge in [0.1, 0.15) is 5.75 Å². The molecule has 0 spiro atoms. The van der Waals surface area contributed by atoms with E-state index in [0.717, 1.165) is 39.3 Å². The normalized spacial score (nSPS) is 14.9. The number of morpholine rings is 1. The third-order valence-electron chi connectivity index (χ3n) is 3.37. The van der Waals surface area contributed by atoms with Crippen molar-refractivity contribution in [1.82, 2.24) is 4.90 Å². The van der Waals surface area contributed by atoms with Gasteiger partial charge in [0.15, 0.2) is 0 Å². The van der Waals surface area contributed by atoms with Crippen molar-refractivity contribution in [1.29, 1.82) is 0 Å². The molecule has 0 radical (unpaired) electrons. The summed E-state index contributed by atoms with van der Waals surface area (Å²) in [5.74, 6) is 0.560. The van der Waals surface area contributed by atoms with Crippen LogP contribution in [0, 0.1) is 17.0 Å². The molecule has 2 rings (SSSR count). The second-order valence-corrected chi connectivity index (χ2v) is 4.86. The zero-order valence-corrected chi connectivity index (χ0v) is 13.7. The Kier molecular flexibility index (Phi) is 8.47. The van der Waals surface area contributed by atoms with E-state index in [4.69, 9.17) is 9.47 Å². The molecular weight excluding hydrogens is 284 g/mol. The van der Waals surface area contributed by atoms with Crippen LogP contribution in [0.5, 0.6) is 5.75 Å². The van der Waals surface area contributed by atoms with Crippen LogP contribution in [0.25, 0.3) is 0 Å². The first-order valence-electron chi connectivity index (χ1n) is 7.85. The molecule has 1 heterocycles. The van der Waals surface area contributed by atoms with Gasteiger partial charge in [0.25, 0.3) is 5.69 Å². The standard InChI is InChI=1S/C14H20N2O4.C2H6/c1-12-3-4-13(11-14(12)16(17)18)20-8-2-5-15-6-9-19-10-7-15;1-2/h3-4,11H,2,5-10H2,1H3;1-2H3. The van der Waals surface area contributed by atoms with Gasteiger partial charge in [-0.2, -0.15) is 0 Å². The third-order valence-corrected chi connectivity index (χ3v) is 3.37. The van der Waals surface area contributed by atoms with Crippen LogP contribution in [-0.2, 0) is 4.74 Å². The Morgan fingerprint density at radius 2 is 2.00 bits per heavy atom. The van der Waals surface area contributed by atoms with Crippen molar-refractivity contribution < 1.29 is 14.4 Å². The first kappa shape index (κ1) is 18.4. The quantitative estimate of drug-likeness (QED) is 0.459. The molecule has 1 saturated heterocycles. The van der Waals surface area contributed by atoms with Gasteiger partial charge in [0.05, 0.1) is 30.8 Å². The molecule has 0 N–H and O–H groups in total. The molecule has 0 saturated carbocycles. The van der Waals surface area contributed by atoms with Gasteiger partial charge < -0.3 is 9.47 Å². The second kappa shape index (κ2) is 10.1. The van der Waals surface area contributed by atoms with Gasteiger partial charge in [-0.15, -0.1) is 0 Å². The van der Waals surface area contributed by atoms with Crippen molar-refractivity contribution >= 4 is 5.69 Å². The van der Waals surface area contributed by atoms with E-state index < -0.39 is 0 Å². The molecule has 0 atom stereocenters. The summed E-state index contributed by atoms with van der Waals surface area (Å²) in [5.41, 5.74) is 0.756. The van der Waals surface area contributed by atoms with Crippen molar-refractivity contribution in [2.45, 2.75) is 27.2 Å². The predicted molar refractivity (Wildman–Crippen MR) is 86.6 cm³/mol. The topological polar surface area (TPSA) is 64.8 Å². The molecular formula is C16H26N2O4. The average molecular weight is 310 g/mol. The lowest BCUT2D eigenvalue weighted by Crippen LogP contribution is -2.37. The van der Waals surface area contributed by atoms with Crippen molar-refractivity contribution in [3.63, 3.8) is 0 Å². The van der Waals surface area contributed by atoms with Crippen LogP contribution in [-0.4, -0.2) is 49.3 Å². The molecule has 22 heavy (non-hydrogen) atoms. The molecule has 0 unspecified atom stereocenters. The summed E-state index contributed by atoms with van der Waals surface area (Å²) in [6, 6.07) is 4.98. The van der Waals surface area contributed by atoms with Crippen LogP contribution in [0.3, 0.4) is 0 Å². The fourth-order valence-corrected chi connectivity index (χ4v) is 2.18. The third kappa shape index (κ3) is 5.99.